The minimum atomic E-state index is -0.201. The first-order valence-corrected chi connectivity index (χ1v) is 8.97. The molecule has 2 N–H and O–H groups in total. The number of nitrogens with zero attached hydrogens (tertiary/aromatic N) is 3. The van der Waals surface area contributed by atoms with Gasteiger partial charge in [-0.05, 0) is 17.7 Å². The Hall–Kier alpha value is -2.41. The molecule has 7 heteroatoms. The quantitative estimate of drug-likeness (QED) is 0.551. The zero-order valence-corrected chi connectivity index (χ0v) is 14.7. The number of anilines is 1. The van der Waals surface area contributed by atoms with E-state index in [1.54, 1.807) is 4.52 Å². The molecule has 0 bridgehead atoms. The zero-order valence-electron chi connectivity index (χ0n) is 13.1. The lowest BCUT2D eigenvalue weighted by atomic mass is 10.1. The van der Waals surface area contributed by atoms with Crippen LogP contribution in [-0.4, -0.2) is 26.3 Å². The number of hydrogen-bond donors (Lipinski definition) is 2. The van der Waals surface area contributed by atoms with Crippen LogP contribution in [-0.2, 0) is 0 Å². The molecule has 25 heavy (non-hydrogen) atoms. The Morgan fingerprint density at radius 1 is 1.12 bits per heavy atom. The summed E-state index contributed by atoms with van der Waals surface area (Å²) in [4.78, 5) is 5.40. The van der Waals surface area contributed by atoms with Crippen molar-refractivity contribution in [1.82, 2.24) is 14.6 Å². The van der Waals surface area contributed by atoms with E-state index in [9.17, 15) is 5.11 Å². The maximum atomic E-state index is 9.66. The van der Waals surface area contributed by atoms with Crippen LogP contribution < -0.4 is 5.32 Å². The van der Waals surface area contributed by atoms with Crippen LogP contribution in [0, 0.1) is 0 Å². The lowest BCUT2D eigenvalue weighted by molar-refractivity contribution is 0.276. The van der Waals surface area contributed by atoms with Crippen LogP contribution in [0.5, 0.6) is 0 Å². The van der Waals surface area contributed by atoms with Crippen LogP contribution in [0.25, 0.3) is 16.2 Å². The van der Waals surface area contributed by atoms with Gasteiger partial charge in [-0.3, -0.25) is 0 Å². The predicted octanol–water partition coefficient (Wildman–Crippen LogP) is 4.26. The number of aliphatic hydroxyl groups excluding tert-OH is 1. The highest BCUT2D eigenvalue weighted by Gasteiger charge is 2.14. The second-order valence-corrected chi connectivity index (χ2v) is 6.95. The van der Waals surface area contributed by atoms with Gasteiger partial charge in [0.25, 0.3) is 0 Å². The molecule has 1 atom stereocenters. The van der Waals surface area contributed by atoms with Gasteiger partial charge in [0.1, 0.15) is 0 Å². The molecular formula is C18H15ClN4OS. The summed E-state index contributed by atoms with van der Waals surface area (Å²) in [5, 5.41) is 18.9. The van der Waals surface area contributed by atoms with Gasteiger partial charge in [-0.15, -0.1) is 5.10 Å². The Morgan fingerprint density at radius 3 is 2.56 bits per heavy atom. The maximum absolute atomic E-state index is 9.66. The molecule has 0 unspecified atom stereocenters. The monoisotopic (exact) mass is 370 g/mol. The molecular weight excluding hydrogens is 356 g/mol. The summed E-state index contributed by atoms with van der Waals surface area (Å²) >= 11 is 7.37. The van der Waals surface area contributed by atoms with Crippen molar-refractivity contribution in [2.45, 2.75) is 6.04 Å². The molecule has 2 aromatic heterocycles. The van der Waals surface area contributed by atoms with Gasteiger partial charge in [0.05, 0.1) is 24.5 Å². The van der Waals surface area contributed by atoms with Gasteiger partial charge in [0, 0.05) is 10.6 Å². The number of halogens is 1. The summed E-state index contributed by atoms with van der Waals surface area (Å²) in [5.41, 5.74) is 2.86. The van der Waals surface area contributed by atoms with E-state index in [0.717, 1.165) is 21.8 Å². The minimum absolute atomic E-state index is 0.0120. The van der Waals surface area contributed by atoms with Crippen LogP contribution in [0.15, 0.2) is 60.8 Å². The summed E-state index contributed by atoms with van der Waals surface area (Å²) in [6.07, 6.45) is 1.89. The molecule has 4 rings (SSSR count). The minimum Gasteiger partial charge on any atom is -0.394 e. The molecule has 2 aromatic carbocycles. The molecule has 0 saturated carbocycles. The Morgan fingerprint density at radius 2 is 1.88 bits per heavy atom. The van der Waals surface area contributed by atoms with Gasteiger partial charge in [0.15, 0.2) is 0 Å². The Kier molecular flexibility index (Phi) is 4.40. The first kappa shape index (κ1) is 16.1. The average molecular weight is 371 g/mol. The van der Waals surface area contributed by atoms with Crippen LogP contribution in [0.1, 0.15) is 11.6 Å². The van der Waals surface area contributed by atoms with Gasteiger partial charge in [0.2, 0.25) is 10.1 Å². The lowest BCUT2D eigenvalue weighted by Crippen LogP contribution is -2.14. The van der Waals surface area contributed by atoms with E-state index in [4.69, 9.17) is 11.6 Å². The molecule has 0 aliphatic carbocycles. The molecule has 5 nitrogen and oxygen atoms in total. The van der Waals surface area contributed by atoms with Crippen LogP contribution in [0.2, 0.25) is 5.02 Å². The predicted molar refractivity (Wildman–Crippen MR) is 101 cm³/mol. The number of fused-ring (bicyclic) bond motifs is 1. The fourth-order valence-electron chi connectivity index (χ4n) is 2.59. The van der Waals surface area contributed by atoms with Gasteiger partial charge >= 0.3 is 0 Å². The third-order valence-corrected chi connectivity index (χ3v) is 4.97. The van der Waals surface area contributed by atoms with E-state index >= 15 is 0 Å². The van der Waals surface area contributed by atoms with Gasteiger partial charge in [-0.25, -0.2) is 9.50 Å². The van der Waals surface area contributed by atoms with Crippen molar-refractivity contribution in [3.63, 3.8) is 0 Å². The number of aliphatic hydroxyl groups is 1. The second kappa shape index (κ2) is 6.84. The summed E-state index contributed by atoms with van der Waals surface area (Å²) in [7, 11) is 0. The largest absolute Gasteiger partial charge is 0.394 e. The number of imidazole rings is 1. The number of nitrogens with one attached hydrogen (secondary N) is 1. The molecule has 0 saturated heterocycles. The molecule has 4 aromatic rings. The summed E-state index contributed by atoms with van der Waals surface area (Å²) < 4.78 is 1.75. The van der Waals surface area contributed by atoms with E-state index in [0.29, 0.717) is 10.2 Å². The van der Waals surface area contributed by atoms with E-state index in [1.807, 2.05) is 60.8 Å². The van der Waals surface area contributed by atoms with E-state index in [-0.39, 0.29) is 12.6 Å². The molecule has 0 aliphatic heterocycles. The van der Waals surface area contributed by atoms with Crippen molar-refractivity contribution in [3.8, 4) is 11.3 Å². The number of rotatable bonds is 5. The van der Waals surface area contributed by atoms with Crippen molar-refractivity contribution in [3.05, 3.63) is 71.4 Å². The van der Waals surface area contributed by atoms with Crippen LogP contribution in [0.4, 0.5) is 5.13 Å². The maximum Gasteiger partial charge on any atom is 0.214 e. The highest BCUT2D eigenvalue weighted by atomic mass is 35.5. The normalized spacial score (nSPS) is 12.4. The zero-order chi connectivity index (χ0) is 17.2. The van der Waals surface area contributed by atoms with Crippen molar-refractivity contribution >= 4 is 33.0 Å². The fourth-order valence-corrected chi connectivity index (χ4v) is 3.55. The van der Waals surface area contributed by atoms with Gasteiger partial charge in [-0.1, -0.05) is 65.4 Å². The highest BCUT2D eigenvalue weighted by molar-refractivity contribution is 7.20. The number of aromatic nitrogens is 3. The number of benzene rings is 2. The Balaban J connectivity index is 1.58. The third-order valence-electron chi connectivity index (χ3n) is 3.87. The van der Waals surface area contributed by atoms with Gasteiger partial charge in [-0.2, -0.15) is 0 Å². The topological polar surface area (TPSA) is 62.5 Å². The molecule has 0 spiro atoms. The van der Waals surface area contributed by atoms with Crippen LogP contribution in [0.3, 0.4) is 0 Å². The van der Waals surface area contributed by atoms with E-state index in [1.165, 1.54) is 11.3 Å². The van der Waals surface area contributed by atoms with Crippen molar-refractivity contribution in [1.29, 1.82) is 0 Å². The lowest BCUT2D eigenvalue weighted by Gasteiger charge is -2.15. The summed E-state index contributed by atoms with van der Waals surface area (Å²) in [6, 6.07) is 17.2. The summed E-state index contributed by atoms with van der Waals surface area (Å²) in [6.45, 7) is -0.0120. The average Bonchev–Trinajstić information content (AvgIpc) is 3.19. The SMILES string of the molecule is OC[C@@H](Nc1nn2cc(-c3ccc(Cl)cc3)nc2s1)c1ccccc1. The number of hydrogen-bond acceptors (Lipinski definition) is 5. The third kappa shape index (κ3) is 3.37. The Labute approximate surface area is 153 Å². The second-order valence-electron chi connectivity index (χ2n) is 5.56. The fraction of sp³-hybridized carbons (Fsp3) is 0.111. The first-order valence-electron chi connectivity index (χ1n) is 7.77. The van der Waals surface area contributed by atoms with E-state index < -0.39 is 0 Å². The molecule has 0 radical (unpaired) electrons. The molecule has 126 valence electrons. The molecule has 0 amide bonds. The first-order chi connectivity index (χ1) is 12.2. The van der Waals surface area contributed by atoms with Gasteiger partial charge < -0.3 is 10.4 Å². The smallest absolute Gasteiger partial charge is 0.214 e. The Bertz CT molecular complexity index is 950. The molecule has 2 heterocycles. The highest BCUT2D eigenvalue weighted by Crippen LogP contribution is 2.27. The summed E-state index contributed by atoms with van der Waals surface area (Å²) in [5.74, 6) is 0. The standard InChI is InChI=1S/C18H15ClN4OS/c19-14-8-6-13(7-9-14)15-10-23-18(21-15)25-17(22-23)20-16(11-24)12-4-2-1-3-5-12/h1-10,16,24H,11H2,(H,20,22)/t16-/m1/s1. The van der Waals surface area contributed by atoms with Crippen LogP contribution >= 0.6 is 22.9 Å². The van der Waals surface area contributed by atoms with Crippen molar-refractivity contribution < 1.29 is 5.11 Å². The molecule has 0 aliphatic rings. The van der Waals surface area contributed by atoms with E-state index in [2.05, 4.69) is 15.4 Å². The molecule has 0 fully saturated rings. The van der Waals surface area contributed by atoms with Crippen molar-refractivity contribution in [2.75, 3.05) is 11.9 Å². The van der Waals surface area contributed by atoms with Crippen molar-refractivity contribution in [2.24, 2.45) is 0 Å².